The van der Waals surface area contributed by atoms with Crippen molar-refractivity contribution in [2.75, 3.05) is 0 Å². The fraction of sp³-hybridized carbons (Fsp3) is 0.241. The molecule has 0 nitrogen and oxygen atoms in total. The zero-order valence-electron chi connectivity index (χ0n) is 18.0. The molecule has 0 saturated carbocycles. The van der Waals surface area contributed by atoms with Gasteiger partial charge in [-0.05, 0) is 52.6 Å². The Balaban J connectivity index is 1.54. The van der Waals surface area contributed by atoms with E-state index in [-0.39, 0.29) is 11.6 Å². The van der Waals surface area contributed by atoms with Crippen molar-refractivity contribution < 1.29 is 8.78 Å². The number of unbranched alkanes of at least 4 members (excludes halogenated alkanes) is 4. The van der Waals surface area contributed by atoms with E-state index >= 15 is 4.39 Å². The minimum atomic E-state index is -0.262. The molecule has 0 aliphatic rings. The molecule has 0 unspecified atom stereocenters. The van der Waals surface area contributed by atoms with Crippen LogP contribution in [0.3, 0.4) is 0 Å². The predicted molar refractivity (Wildman–Crippen MR) is 127 cm³/mol. The molecular weight excluding hydrogens is 386 g/mol. The average molecular weight is 415 g/mol. The van der Waals surface area contributed by atoms with Crippen LogP contribution < -0.4 is 0 Å². The molecule has 4 aromatic rings. The summed E-state index contributed by atoms with van der Waals surface area (Å²) in [5, 5.41) is 1.60. The van der Waals surface area contributed by atoms with Crippen LogP contribution in [0, 0.1) is 11.6 Å². The fourth-order valence-electron chi connectivity index (χ4n) is 4.16. The van der Waals surface area contributed by atoms with Gasteiger partial charge >= 0.3 is 0 Å². The Kier molecular flexibility index (Phi) is 6.76. The Morgan fingerprint density at radius 2 is 1.42 bits per heavy atom. The monoisotopic (exact) mass is 414 g/mol. The standard InChI is InChI=1S/C29H28F2/c1-2-3-4-5-6-8-21-11-17-28-25(19-21)16-18-27(29(28)31)23-14-12-22(13-15-23)24-9-7-10-26(30)20-24/h7,9-20H,2-6,8H2,1H3. The Morgan fingerprint density at radius 1 is 0.645 bits per heavy atom. The van der Waals surface area contributed by atoms with E-state index < -0.39 is 0 Å². The molecule has 2 heteroatoms. The maximum Gasteiger partial charge on any atom is 0.138 e. The topological polar surface area (TPSA) is 0 Å². The molecule has 4 aromatic carbocycles. The highest BCUT2D eigenvalue weighted by atomic mass is 19.1. The Labute approximate surface area is 183 Å². The zero-order chi connectivity index (χ0) is 21.6. The van der Waals surface area contributed by atoms with Crippen LogP contribution in [-0.4, -0.2) is 0 Å². The molecule has 4 rings (SSSR count). The number of hydrogen-bond donors (Lipinski definition) is 0. The van der Waals surface area contributed by atoms with Crippen molar-refractivity contribution in [1.82, 2.24) is 0 Å². The van der Waals surface area contributed by atoms with Gasteiger partial charge in [0.25, 0.3) is 0 Å². The van der Waals surface area contributed by atoms with E-state index in [1.54, 1.807) is 6.07 Å². The first-order chi connectivity index (χ1) is 15.2. The summed E-state index contributed by atoms with van der Waals surface area (Å²) in [6.07, 6.45) is 7.33. The molecule has 0 radical (unpaired) electrons. The highest BCUT2D eigenvalue weighted by Gasteiger charge is 2.10. The summed E-state index contributed by atoms with van der Waals surface area (Å²) in [6, 6.07) is 24.1. The van der Waals surface area contributed by atoms with Gasteiger partial charge in [-0.3, -0.25) is 0 Å². The van der Waals surface area contributed by atoms with Gasteiger partial charge in [-0.15, -0.1) is 0 Å². The number of rotatable bonds is 8. The molecule has 31 heavy (non-hydrogen) atoms. The third kappa shape index (κ3) is 5.02. The van der Waals surface area contributed by atoms with Gasteiger partial charge in [-0.25, -0.2) is 8.78 Å². The molecule has 0 aromatic heterocycles. The molecule has 0 fully saturated rings. The summed E-state index contributed by atoms with van der Waals surface area (Å²) in [4.78, 5) is 0. The van der Waals surface area contributed by atoms with Crippen LogP contribution >= 0.6 is 0 Å². The minimum Gasteiger partial charge on any atom is -0.207 e. The molecule has 0 N–H and O–H groups in total. The number of aryl methyl sites for hydroxylation is 1. The van der Waals surface area contributed by atoms with E-state index in [0.717, 1.165) is 28.5 Å². The first-order valence-electron chi connectivity index (χ1n) is 11.2. The minimum absolute atomic E-state index is 0.189. The molecule has 0 heterocycles. The van der Waals surface area contributed by atoms with Gasteiger partial charge in [0.15, 0.2) is 0 Å². The Bertz CT molecular complexity index is 1160. The lowest BCUT2D eigenvalue weighted by Gasteiger charge is -2.10. The maximum atomic E-state index is 15.3. The molecule has 0 spiro atoms. The van der Waals surface area contributed by atoms with E-state index in [0.29, 0.717) is 10.9 Å². The SMILES string of the molecule is CCCCCCCc1ccc2c(F)c(-c3ccc(-c4cccc(F)c4)cc3)ccc2c1. The van der Waals surface area contributed by atoms with Crippen LogP contribution in [0.2, 0.25) is 0 Å². The lowest BCUT2D eigenvalue weighted by molar-refractivity contribution is 0.628. The zero-order valence-corrected chi connectivity index (χ0v) is 18.0. The van der Waals surface area contributed by atoms with E-state index in [9.17, 15) is 4.39 Å². The van der Waals surface area contributed by atoms with Gasteiger partial charge in [0.1, 0.15) is 11.6 Å². The van der Waals surface area contributed by atoms with Crippen molar-refractivity contribution in [1.29, 1.82) is 0 Å². The maximum absolute atomic E-state index is 15.3. The van der Waals surface area contributed by atoms with E-state index in [1.807, 2.05) is 48.5 Å². The van der Waals surface area contributed by atoms with Crippen molar-refractivity contribution >= 4 is 10.8 Å². The smallest absolute Gasteiger partial charge is 0.138 e. The highest BCUT2D eigenvalue weighted by molar-refractivity contribution is 5.89. The van der Waals surface area contributed by atoms with Crippen molar-refractivity contribution in [2.24, 2.45) is 0 Å². The third-order valence-corrected chi connectivity index (χ3v) is 5.94. The number of hydrogen-bond acceptors (Lipinski definition) is 0. The molecule has 158 valence electrons. The Hall–Kier alpha value is -3.00. The fourth-order valence-corrected chi connectivity index (χ4v) is 4.16. The summed E-state index contributed by atoms with van der Waals surface area (Å²) in [7, 11) is 0. The van der Waals surface area contributed by atoms with Crippen molar-refractivity contribution in [2.45, 2.75) is 45.4 Å². The molecule has 0 atom stereocenters. The first kappa shape index (κ1) is 21.2. The van der Waals surface area contributed by atoms with Gasteiger partial charge < -0.3 is 0 Å². The number of halogens is 2. The summed E-state index contributed by atoms with van der Waals surface area (Å²) in [5.41, 5.74) is 4.40. The van der Waals surface area contributed by atoms with Gasteiger partial charge in [0.2, 0.25) is 0 Å². The first-order valence-corrected chi connectivity index (χ1v) is 11.2. The van der Waals surface area contributed by atoms with Gasteiger partial charge in [-0.1, -0.05) is 99.3 Å². The summed E-state index contributed by atoms with van der Waals surface area (Å²) in [6.45, 7) is 2.23. The second-order valence-corrected chi connectivity index (χ2v) is 8.23. The molecule has 0 amide bonds. The summed E-state index contributed by atoms with van der Waals surface area (Å²) < 4.78 is 28.8. The van der Waals surface area contributed by atoms with Crippen LogP contribution in [0.15, 0.2) is 78.9 Å². The normalized spacial score (nSPS) is 11.2. The largest absolute Gasteiger partial charge is 0.207 e. The molecule has 0 saturated heterocycles. The second kappa shape index (κ2) is 9.87. The van der Waals surface area contributed by atoms with Crippen LogP contribution in [0.4, 0.5) is 8.78 Å². The van der Waals surface area contributed by atoms with Crippen LogP contribution in [-0.2, 0) is 6.42 Å². The third-order valence-electron chi connectivity index (χ3n) is 5.94. The van der Waals surface area contributed by atoms with Crippen molar-refractivity contribution in [3.8, 4) is 22.3 Å². The second-order valence-electron chi connectivity index (χ2n) is 8.23. The predicted octanol–water partition coefficient (Wildman–Crippen LogP) is 8.96. The van der Waals surface area contributed by atoms with E-state index in [2.05, 4.69) is 19.1 Å². The Morgan fingerprint density at radius 3 is 2.19 bits per heavy atom. The van der Waals surface area contributed by atoms with Crippen molar-refractivity contribution in [3.63, 3.8) is 0 Å². The van der Waals surface area contributed by atoms with Crippen molar-refractivity contribution in [3.05, 3.63) is 96.1 Å². The van der Waals surface area contributed by atoms with Crippen LogP contribution in [0.25, 0.3) is 33.0 Å². The van der Waals surface area contributed by atoms with Gasteiger partial charge in [0, 0.05) is 10.9 Å². The lowest BCUT2D eigenvalue weighted by Crippen LogP contribution is -1.90. The quantitative estimate of drug-likeness (QED) is 0.252. The lowest BCUT2D eigenvalue weighted by atomic mass is 9.96. The summed E-state index contributed by atoms with van der Waals surface area (Å²) in [5.74, 6) is -0.451. The molecule has 0 aliphatic carbocycles. The molecule has 0 bridgehead atoms. The van der Waals surface area contributed by atoms with Crippen LogP contribution in [0.1, 0.15) is 44.6 Å². The molecule has 0 aliphatic heterocycles. The van der Waals surface area contributed by atoms with Gasteiger partial charge in [0.05, 0.1) is 0 Å². The number of fused-ring (bicyclic) bond motifs is 1. The summed E-state index contributed by atoms with van der Waals surface area (Å²) >= 11 is 0. The van der Waals surface area contributed by atoms with E-state index in [4.69, 9.17) is 0 Å². The van der Waals surface area contributed by atoms with Crippen LogP contribution in [0.5, 0.6) is 0 Å². The number of benzene rings is 4. The molecular formula is C29H28F2. The highest BCUT2D eigenvalue weighted by Crippen LogP contribution is 2.31. The van der Waals surface area contributed by atoms with E-state index in [1.165, 1.54) is 49.8 Å². The van der Waals surface area contributed by atoms with Gasteiger partial charge in [-0.2, -0.15) is 0 Å². The average Bonchev–Trinajstić information content (AvgIpc) is 2.79.